The Morgan fingerprint density at radius 3 is 3.12 bits per heavy atom. The number of imidazole rings is 1. The highest BCUT2D eigenvalue weighted by atomic mass is 16.5. The lowest BCUT2D eigenvalue weighted by Gasteiger charge is -2.23. The lowest BCUT2D eigenvalue weighted by Crippen LogP contribution is -2.36. The van der Waals surface area contributed by atoms with Crippen molar-refractivity contribution in [2.75, 3.05) is 26.3 Å². The fourth-order valence-corrected chi connectivity index (χ4v) is 2.95. The first-order valence-corrected chi connectivity index (χ1v) is 8.29. The smallest absolute Gasteiger partial charge is 0.224 e. The van der Waals surface area contributed by atoms with Gasteiger partial charge in [0.1, 0.15) is 6.33 Å². The molecule has 3 heterocycles. The molecule has 3 rings (SSSR count). The second-order valence-electron chi connectivity index (χ2n) is 6.19. The molecule has 7 nitrogen and oxygen atoms in total. The molecule has 0 radical (unpaired) electrons. The number of carbonyl (C=O) groups is 1. The van der Waals surface area contributed by atoms with Gasteiger partial charge in [-0.1, -0.05) is 0 Å². The lowest BCUT2D eigenvalue weighted by atomic mass is 10.0. The van der Waals surface area contributed by atoms with Crippen LogP contribution in [-0.4, -0.2) is 56.6 Å². The third-order valence-electron chi connectivity index (χ3n) is 4.19. The highest BCUT2D eigenvalue weighted by Gasteiger charge is 2.23. The number of aryl methyl sites for hydroxylation is 2. The van der Waals surface area contributed by atoms with Crippen LogP contribution in [0.1, 0.15) is 17.8 Å². The topological polar surface area (TPSA) is 73.1 Å². The molecule has 0 N–H and O–H groups in total. The first kappa shape index (κ1) is 16.6. The monoisotopic (exact) mass is 329 g/mol. The maximum Gasteiger partial charge on any atom is 0.224 e. The highest BCUT2D eigenvalue weighted by Crippen LogP contribution is 2.14. The maximum atomic E-state index is 12.5. The zero-order chi connectivity index (χ0) is 16.8. The van der Waals surface area contributed by atoms with Gasteiger partial charge in [0.15, 0.2) is 0 Å². The van der Waals surface area contributed by atoms with Crippen LogP contribution in [0.2, 0.25) is 0 Å². The van der Waals surface area contributed by atoms with Crippen LogP contribution in [0.15, 0.2) is 31.1 Å². The van der Waals surface area contributed by atoms with Crippen molar-refractivity contribution >= 4 is 5.91 Å². The number of ether oxygens (including phenoxy) is 1. The summed E-state index contributed by atoms with van der Waals surface area (Å²) in [5, 5.41) is 0. The molecule has 0 saturated carbocycles. The van der Waals surface area contributed by atoms with Gasteiger partial charge in [0.05, 0.1) is 19.5 Å². The second kappa shape index (κ2) is 8.01. The van der Waals surface area contributed by atoms with Crippen molar-refractivity contribution < 1.29 is 9.53 Å². The Morgan fingerprint density at radius 1 is 1.42 bits per heavy atom. The normalized spacial score (nSPS) is 18.4. The number of rotatable bonds is 5. The quantitative estimate of drug-likeness (QED) is 0.821. The molecule has 1 saturated heterocycles. The molecular formula is C17H23N5O2. The molecule has 0 unspecified atom stereocenters. The van der Waals surface area contributed by atoms with E-state index in [4.69, 9.17) is 4.74 Å². The summed E-state index contributed by atoms with van der Waals surface area (Å²) < 4.78 is 7.61. The van der Waals surface area contributed by atoms with Gasteiger partial charge < -0.3 is 14.2 Å². The van der Waals surface area contributed by atoms with Crippen LogP contribution in [0, 0.1) is 12.8 Å². The van der Waals surface area contributed by atoms with Gasteiger partial charge in [-0.3, -0.25) is 4.79 Å². The van der Waals surface area contributed by atoms with E-state index in [0.29, 0.717) is 39.3 Å². The molecule has 1 fully saturated rings. The van der Waals surface area contributed by atoms with Crippen molar-refractivity contribution in [1.82, 2.24) is 24.4 Å². The molecule has 0 spiro atoms. The van der Waals surface area contributed by atoms with Crippen LogP contribution < -0.4 is 0 Å². The van der Waals surface area contributed by atoms with Crippen molar-refractivity contribution in [1.29, 1.82) is 0 Å². The van der Waals surface area contributed by atoms with E-state index in [1.807, 2.05) is 28.7 Å². The van der Waals surface area contributed by atoms with Gasteiger partial charge in [0, 0.05) is 55.8 Å². The number of amides is 1. The second-order valence-corrected chi connectivity index (χ2v) is 6.19. The number of aromatic nitrogens is 4. The molecule has 0 bridgehead atoms. The van der Waals surface area contributed by atoms with Crippen LogP contribution in [0.3, 0.4) is 0 Å². The van der Waals surface area contributed by atoms with Crippen LogP contribution in [0.5, 0.6) is 0 Å². The molecular weight excluding hydrogens is 306 g/mol. The Hall–Kier alpha value is -2.28. The van der Waals surface area contributed by atoms with E-state index >= 15 is 0 Å². The standard InChI is InChI=1S/C17H23N5O2/c1-14-8-16(20-12-19-14)9-15-10-22(6-7-24-11-15)17(23)2-4-21-5-3-18-13-21/h3,5,8,12-13,15H,2,4,6-7,9-11H2,1H3/t15-/m1/s1. The summed E-state index contributed by atoms with van der Waals surface area (Å²) in [4.78, 5) is 26.9. The van der Waals surface area contributed by atoms with Gasteiger partial charge in [0.25, 0.3) is 0 Å². The average molecular weight is 329 g/mol. The summed E-state index contributed by atoms with van der Waals surface area (Å²) in [6.07, 6.45) is 8.21. The molecule has 1 aliphatic rings. The summed E-state index contributed by atoms with van der Waals surface area (Å²) in [5.74, 6) is 0.428. The summed E-state index contributed by atoms with van der Waals surface area (Å²) in [6, 6.07) is 2.00. The van der Waals surface area contributed by atoms with Gasteiger partial charge >= 0.3 is 0 Å². The van der Waals surface area contributed by atoms with Crippen LogP contribution >= 0.6 is 0 Å². The van der Waals surface area contributed by atoms with Crippen molar-refractivity contribution in [3.8, 4) is 0 Å². The SMILES string of the molecule is Cc1cc(C[C@H]2COCCN(C(=O)CCn3ccnc3)C2)ncn1. The van der Waals surface area contributed by atoms with Gasteiger partial charge in [-0.25, -0.2) is 15.0 Å². The molecule has 2 aromatic heterocycles. The predicted octanol–water partition coefficient (Wildman–Crippen LogP) is 1.09. The Labute approximate surface area is 141 Å². The largest absolute Gasteiger partial charge is 0.379 e. The third-order valence-corrected chi connectivity index (χ3v) is 4.19. The first-order chi connectivity index (χ1) is 11.7. The predicted molar refractivity (Wildman–Crippen MR) is 88.2 cm³/mol. The Balaban J connectivity index is 1.56. The molecule has 0 aliphatic carbocycles. The van der Waals surface area contributed by atoms with E-state index in [9.17, 15) is 4.79 Å². The van der Waals surface area contributed by atoms with E-state index in [0.717, 1.165) is 17.8 Å². The lowest BCUT2D eigenvalue weighted by molar-refractivity contribution is -0.131. The summed E-state index contributed by atoms with van der Waals surface area (Å²) in [6.45, 7) is 5.24. The highest BCUT2D eigenvalue weighted by molar-refractivity contribution is 5.76. The fraction of sp³-hybridized carbons (Fsp3) is 0.529. The van der Waals surface area contributed by atoms with Crippen LogP contribution in [-0.2, 0) is 22.5 Å². The molecule has 1 aliphatic heterocycles. The molecule has 128 valence electrons. The zero-order valence-corrected chi connectivity index (χ0v) is 14.0. The Kier molecular flexibility index (Phi) is 5.53. The third kappa shape index (κ3) is 4.61. The zero-order valence-electron chi connectivity index (χ0n) is 14.0. The molecule has 2 aromatic rings. The van der Waals surface area contributed by atoms with E-state index in [1.165, 1.54) is 0 Å². The number of hydrogen-bond acceptors (Lipinski definition) is 5. The Bertz CT molecular complexity index is 659. The molecule has 1 atom stereocenters. The van der Waals surface area contributed by atoms with Crippen molar-refractivity contribution in [2.45, 2.75) is 26.3 Å². The van der Waals surface area contributed by atoms with E-state index < -0.39 is 0 Å². The van der Waals surface area contributed by atoms with Gasteiger partial charge in [-0.2, -0.15) is 0 Å². The number of carbonyl (C=O) groups excluding carboxylic acids is 1. The summed E-state index contributed by atoms with van der Waals surface area (Å²) >= 11 is 0. The average Bonchev–Trinajstić information content (AvgIpc) is 2.98. The summed E-state index contributed by atoms with van der Waals surface area (Å²) in [5.41, 5.74) is 1.96. The van der Waals surface area contributed by atoms with Gasteiger partial charge in [-0.15, -0.1) is 0 Å². The van der Waals surface area contributed by atoms with Crippen molar-refractivity contribution in [2.24, 2.45) is 5.92 Å². The molecule has 7 heteroatoms. The van der Waals surface area contributed by atoms with Crippen LogP contribution in [0.4, 0.5) is 0 Å². The minimum absolute atomic E-state index is 0.165. The van der Waals surface area contributed by atoms with Crippen molar-refractivity contribution in [3.63, 3.8) is 0 Å². The summed E-state index contributed by atoms with van der Waals surface area (Å²) in [7, 11) is 0. The van der Waals surface area contributed by atoms with E-state index in [2.05, 4.69) is 15.0 Å². The van der Waals surface area contributed by atoms with E-state index in [-0.39, 0.29) is 11.8 Å². The number of hydrogen-bond donors (Lipinski definition) is 0. The van der Waals surface area contributed by atoms with Crippen molar-refractivity contribution in [3.05, 3.63) is 42.5 Å². The van der Waals surface area contributed by atoms with Gasteiger partial charge in [-0.05, 0) is 19.4 Å². The minimum atomic E-state index is 0.165. The molecule has 24 heavy (non-hydrogen) atoms. The number of nitrogens with zero attached hydrogens (tertiary/aromatic N) is 5. The minimum Gasteiger partial charge on any atom is -0.379 e. The van der Waals surface area contributed by atoms with Gasteiger partial charge in [0.2, 0.25) is 5.91 Å². The van der Waals surface area contributed by atoms with Crippen LogP contribution in [0.25, 0.3) is 0 Å². The van der Waals surface area contributed by atoms with E-state index in [1.54, 1.807) is 18.9 Å². The fourth-order valence-electron chi connectivity index (χ4n) is 2.95. The Morgan fingerprint density at radius 2 is 2.33 bits per heavy atom. The molecule has 1 amide bonds. The maximum absolute atomic E-state index is 12.5. The first-order valence-electron chi connectivity index (χ1n) is 8.29. The molecule has 0 aromatic carbocycles.